The number of rotatable bonds is 9. The summed E-state index contributed by atoms with van der Waals surface area (Å²) in [5.41, 5.74) is 7.01. The lowest BCUT2D eigenvalue weighted by molar-refractivity contribution is -0.195. The molecule has 0 radical (unpaired) electrons. The van der Waals surface area contributed by atoms with Crippen molar-refractivity contribution in [3.63, 3.8) is 0 Å². The van der Waals surface area contributed by atoms with Crippen LogP contribution >= 0.6 is 0 Å². The van der Waals surface area contributed by atoms with E-state index in [1.165, 1.54) is 13.3 Å². The van der Waals surface area contributed by atoms with Crippen LogP contribution in [-0.2, 0) is 23.8 Å². The first kappa shape index (κ1) is 21.8. The number of imidazole rings is 1. The molecule has 2 aromatic heterocycles. The Labute approximate surface area is 179 Å². The van der Waals surface area contributed by atoms with E-state index in [2.05, 4.69) is 20.3 Å². The number of fused-ring (bicyclic) bond motifs is 2. The van der Waals surface area contributed by atoms with E-state index < -0.39 is 12.0 Å². The van der Waals surface area contributed by atoms with Crippen LogP contribution in [0.4, 0.5) is 5.82 Å². The molecule has 0 aromatic carbocycles. The van der Waals surface area contributed by atoms with Crippen LogP contribution in [0, 0.1) is 0 Å². The first-order valence-electron chi connectivity index (χ1n) is 10.5. The Morgan fingerprint density at radius 2 is 1.97 bits per heavy atom. The predicted octanol–water partition coefficient (Wildman–Crippen LogP) is 0.744. The molecular formula is C20H28N6O5. The molecule has 0 bridgehead atoms. The summed E-state index contributed by atoms with van der Waals surface area (Å²) in [6, 6.07) is 0. The molecule has 2 fully saturated rings. The second-order valence-electron chi connectivity index (χ2n) is 8.35. The third kappa shape index (κ3) is 4.45. The largest absolute Gasteiger partial charge is 0.382 e. The molecule has 0 saturated carbocycles. The molecule has 3 N–H and O–H groups in total. The van der Waals surface area contributed by atoms with E-state index in [1.54, 1.807) is 6.33 Å². The number of unbranched alkanes of at least 4 members (excludes halogenated alkanes) is 1. The highest BCUT2D eigenvalue weighted by molar-refractivity contribution is 6.36. The number of anilines is 1. The minimum Gasteiger partial charge on any atom is -0.382 e. The van der Waals surface area contributed by atoms with Crippen molar-refractivity contribution in [2.24, 2.45) is 0 Å². The number of hydrogen-bond acceptors (Lipinski definition) is 10. The molecule has 4 heterocycles. The van der Waals surface area contributed by atoms with Gasteiger partial charge in [0.1, 0.15) is 30.2 Å². The molecule has 0 aliphatic carbocycles. The van der Waals surface area contributed by atoms with Crippen molar-refractivity contribution in [1.82, 2.24) is 24.8 Å². The zero-order valence-corrected chi connectivity index (χ0v) is 17.9. The van der Waals surface area contributed by atoms with E-state index in [-0.39, 0.29) is 36.3 Å². The topological polar surface area (TPSA) is 143 Å². The highest BCUT2D eigenvalue weighted by Gasteiger charge is 2.55. The zero-order chi connectivity index (χ0) is 22.2. The third-order valence-corrected chi connectivity index (χ3v) is 5.53. The number of nitrogens with two attached hydrogens (primary N) is 1. The van der Waals surface area contributed by atoms with E-state index in [1.807, 2.05) is 18.4 Å². The van der Waals surface area contributed by atoms with Gasteiger partial charge in [0.05, 0.1) is 6.33 Å². The van der Waals surface area contributed by atoms with Crippen molar-refractivity contribution in [2.45, 2.75) is 70.4 Å². The van der Waals surface area contributed by atoms with Gasteiger partial charge >= 0.3 is 0 Å². The van der Waals surface area contributed by atoms with Gasteiger partial charge < -0.3 is 25.3 Å². The Morgan fingerprint density at radius 3 is 2.74 bits per heavy atom. The molecule has 2 aliphatic rings. The van der Waals surface area contributed by atoms with Gasteiger partial charge in [-0.25, -0.2) is 15.0 Å². The van der Waals surface area contributed by atoms with Crippen molar-refractivity contribution in [2.75, 3.05) is 18.8 Å². The molecule has 0 unspecified atom stereocenters. The molecule has 168 valence electrons. The first-order chi connectivity index (χ1) is 14.8. The fourth-order valence-corrected chi connectivity index (χ4v) is 4.06. The van der Waals surface area contributed by atoms with Gasteiger partial charge in [0.25, 0.3) is 0 Å². The number of carbonyl (C=O) groups excluding carboxylic acids is 2. The molecule has 2 aromatic rings. The van der Waals surface area contributed by atoms with E-state index in [0.29, 0.717) is 36.5 Å². The smallest absolute Gasteiger partial charge is 0.198 e. The highest BCUT2D eigenvalue weighted by atomic mass is 16.8. The van der Waals surface area contributed by atoms with Crippen molar-refractivity contribution in [3.8, 4) is 0 Å². The van der Waals surface area contributed by atoms with Crippen LogP contribution in [0.25, 0.3) is 11.2 Å². The molecule has 2 aliphatic heterocycles. The molecule has 0 amide bonds. The van der Waals surface area contributed by atoms with Gasteiger partial charge in [0.15, 0.2) is 35.0 Å². The summed E-state index contributed by atoms with van der Waals surface area (Å²) in [6.45, 7) is 6.33. The van der Waals surface area contributed by atoms with Crippen molar-refractivity contribution < 1.29 is 23.8 Å². The van der Waals surface area contributed by atoms with E-state index >= 15 is 0 Å². The maximum absolute atomic E-state index is 11.4. The third-order valence-electron chi connectivity index (χ3n) is 5.53. The monoisotopic (exact) mass is 432 g/mol. The molecule has 4 rings (SSSR count). The summed E-state index contributed by atoms with van der Waals surface area (Å²) in [5.74, 6) is -1.12. The molecule has 2 saturated heterocycles. The second kappa shape index (κ2) is 8.58. The lowest BCUT2D eigenvalue weighted by Gasteiger charge is -2.25. The van der Waals surface area contributed by atoms with Crippen LogP contribution in [0.1, 0.15) is 46.3 Å². The van der Waals surface area contributed by atoms with Crippen LogP contribution in [-0.4, -0.2) is 68.3 Å². The van der Waals surface area contributed by atoms with Gasteiger partial charge in [0, 0.05) is 19.9 Å². The van der Waals surface area contributed by atoms with E-state index in [4.69, 9.17) is 19.9 Å². The average molecular weight is 432 g/mol. The summed E-state index contributed by atoms with van der Waals surface area (Å²) >= 11 is 0. The number of nitrogens with one attached hydrogen (secondary N) is 1. The maximum Gasteiger partial charge on any atom is 0.198 e. The molecule has 31 heavy (non-hydrogen) atoms. The lowest BCUT2D eigenvalue weighted by atomic mass is 10.1. The summed E-state index contributed by atoms with van der Waals surface area (Å²) in [5, 5.41) is 3.36. The first-order valence-corrected chi connectivity index (χ1v) is 10.5. The Morgan fingerprint density at radius 1 is 1.19 bits per heavy atom. The van der Waals surface area contributed by atoms with Gasteiger partial charge in [-0.15, -0.1) is 0 Å². The zero-order valence-electron chi connectivity index (χ0n) is 17.9. The quantitative estimate of drug-likeness (QED) is 0.430. The molecule has 11 nitrogen and oxygen atoms in total. The number of hydrogen-bond donors (Lipinski definition) is 2. The number of Topliss-reactive ketones (excluding diaryl/α,β-unsaturated/α-hetero) is 2. The standard InChI is InChI=1S/C20H28N6O5/c1-11(27)12(28)6-4-5-7-22-8-13-15-16(31-20(2,3)30-15)19(29-13)26-10-25-14-17(21)23-9-24-18(14)26/h9-10,13,15-16,19,22H,4-8H2,1-3H3,(H2,21,23,24)/t13-,15-,16-,19-/m1/s1. The minimum absolute atomic E-state index is 0.243. The van der Waals surface area contributed by atoms with Crippen LogP contribution < -0.4 is 11.1 Å². The van der Waals surface area contributed by atoms with Gasteiger partial charge in [0.2, 0.25) is 0 Å². The Bertz CT molecular complexity index is 976. The normalized spacial score (nSPS) is 26.9. The van der Waals surface area contributed by atoms with Crippen LogP contribution in [0.2, 0.25) is 0 Å². The van der Waals surface area contributed by atoms with Crippen LogP contribution in [0.15, 0.2) is 12.7 Å². The average Bonchev–Trinajstić information content (AvgIpc) is 3.36. The molecule has 0 spiro atoms. The van der Waals surface area contributed by atoms with Crippen molar-refractivity contribution >= 4 is 28.5 Å². The van der Waals surface area contributed by atoms with E-state index in [9.17, 15) is 9.59 Å². The highest BCUT2D eigenvalue weighted by Crippen LogP contribution is 2.43. The number of ketones is 2. The SMILES string of the molecule is CC(=O)C(=O)CCCCNC[C@H]1O[C@@H](n2cnc3c(N)ncnc32)[C@@H]2OC(C)(C)O[C@@H]21. The Balaban J connectivity index is 1.40. The van der Waals surface area contributed by atoms with Crippen LogP contribution in [0.5, 0.6) is 0 Å². The maximum atomic E-state index is 11.4. The molecule has 11 heteroatoms. The Kier molecular flexibility index (Phi) is 6.02. The van der Waals surface area contributed by atoms with Gasteiger partial charge in [-0.1, -0.05) is 0 Å². The van der Waals surface area contributed by atoms with Crippen molar-refractivity contribution in [3.05, 3.63) is 12.7 Å². The fourth-order valence-electron chi connectivity index (χ4n) is 4.06. The van der Waals surface area contributed by atoms with Crippen molar-refractivity contribution in [1.29, 1.82) is 0 Å². The molecule has 4 atom stereocenters. The predicted molar refractivity (Wildman–Crippen MR) is 110 cm³/mol. The van der Waals surface area contributed by atoms with Crippen LogP contribution in [0.3, 0.4) is 0 Å². The Hall–Kier alpha value is -2.47. The summed E-state index contributed by atoms with van der Waals surface area (Å²) in [4.78, 5) is 35.0. The fraction of sp³-hybridized carbons (Fsp3) is 0.650. The number of aromatic nitrogens is 4. The molecular weight excluding hydrogens is 404 g/mol. The summed E-state index contributed by atoms with van der Waals surface area (Å²) in [6.07, 6.45) is 3.47. The summed E-state index contributed by atoms with van der Waals surface area (Å²) < 4.78 is 20.4. The number of nitrogens with zero attached hydrogens (tertiary/aromatic N) is 4. The number of carbonyl (C=O) groups is 2. The van der Waals surface area contributed by atoms with E-state index in [0.717, 1.165) is 6.42 Å². The number of ether oxygens (including phenoxy) is 3. The van der Waals surface area contributed by atoms with Gasteiger partial charge in [-0.2, -0.15) is 0 Å². The number of nitrogen functional groups attached to an aromatic ring is 1. The van der Waals surface area contributed by atoms with Gasteiger partial charge in [-0.3, -0.25) is 14.2 Å². The lowest BCUT2D eigenvalue weighted by Crippen LogP contribution is -2.37. The second-order valence-corrected chi connectivity index (χ2v) is 8.35. The van der Waals surface area contributed by atoms with Gasteiger partial charge in [-0.05, 0) is 33.2 Å². The minimum atomic E-state index is -0.729. The summed E-state index contributed by atoms with van der Waals surface area (Å²) in [7, 11) is 0.